The summed E-state index contributed by atoms with van der Waals surface area (Å²) in [5.74, 6) is 0.197. The van der Waals surface area contributed by atoms with Gasteiger partial charge in [-0.15, -0.1) is 0 Å². The molecule has 0 aromatic heterocycles. The van der Waals surface area contributed by atoms with Gasteiger partial charge in [-0.2, -0.15) is 8.42 Å². The summed E-state index contributed by atoms with van der Waals surface area (Å²) < 4.78 is 29.2. The molecule has 4 heteroatoms. The van der Waals surface area contributed by atoms with E-state index in [9.17, 15) is 8.42 Å². The fourth-order valence-electron chi connectivity index (χ4n) is 4.31. The molecule has 0 saturated carbocycles. The number of hydrogen-bond acceptors (Lipinski definition) is 3. The molecule has 0 fully saturated rings. The third kappa shape index (κ3) is 26.2. The summed E-state index contributed by atoms with van der Waals surface area (Å²) in [6, 6.07) is 0. The minimum atomic E-state index is -3.31. The normalized spacial score (nSPS) is 11.9. The van der Waals surface area contributed by atoms with Gasteiger partial charge in [0.15, 0.2) is 0 Å². The lowest BCUT2D eigenvalue weighted by Gasteiger charge is -2.06. The molecule has 0 saturated heterocycles. The Morgan fingerprint density at radius 3 is 1.03 bits per heavy atom. The van der Waals surface area contributed by atoms with Crippen LogP contribution in [0.2, 0.25) is 0 Å². The van der Waals surface area contributed by atoms with Crippen molar-refractivity contribution in [3.8, 4) is 0 Å². The molecule has 0 aliphatic heterocycles. The smallest absolute Gasteiger partial charge is 0.267 e. The van der Waals surface area contributed by atoms with Crippen molar-refractivity contribution in [1.29, 1.82) is 0 Å². The average Bonchev–Trinajstić information content (AvgIpc) is 2.77. The lowest BCUT2D eigenvalue weighted by atomic mass is 10.0. The van der Waals surface area contributed by atoms with Gasteiger partial charge in [0.1, 0.15) is 0 Å². The molecular weight excluding hydrogens is 416 g/mol. The zero-order valence-corrected chi connectivity index (χ0v) is 22.8. The molecule has 0 aromatic rings. The summed E-state index contributed by atoms with van der Waals surface area (Å²) >= 11 is 0. The van der Waals surface area contributed by atoms with Crippen LogP contribution in [0.25, 0.3) is 0 Å². The second-order valence-corrected chi connectivity index (χ2v) is 11.6. The van der Waals surface area contributed by atoms with Gasteiger partial charge in [-0.05, 0) is 12.8 Å². The first-order valence-electron chi connectivity index (χ1n) is 14.5. The standard InChI is InChI=1S/C28H58O3S/c1-3-5-7-9-11-13-15-16-17-18-20-22-24-26-28-32(29,30)31-27-25-23-21-19-14-12-10-8-6-4-2/h3-28H2,1-2H3. The molecule has 0 amide bonds. The first kappa shape index (κ1) is 31.9. The van der Waals surface area contributed by atoms with E-state index >= 15 is 0 Å². The first-order chi connectivity index (χ1) is 15.6. The van der Waals surface area contributed by atoms with E-state index in [4.69, 9.17) is 4.18 Å². The fourth-order valence-corrected chi connectivity index (χ4v) is 5.36. The Kier molecular flexibility index (Phi) is 25.5. The molecule has 0 unspecified atom stereocenters. The van der Waals surface area contributed by atoms with Crippen LogP contribution in [0.5, 0.6) is 0 Å². The van der Waals surface area contributed by atoms with Crippen molar-refractivity contribution < 1.29 is 12.6 Å². The van der Waals surface area contributed by atoms with E-state index in [1.165, 1.54) is 122 Å². The minimum absolute atomic E-state index is 0.197. The maximum Gasteiger partial charge on any atom is 0.267 e. The summed E-state index contributed by atoms with van der Waals surface area (Å²) in [6.07, 6.45) is 30.5. The molecular formula is C28H58O3S. The van der Waals surface area contributed by atoms with Gasteiger partial charge >= 0.3 is 0 Å². The van der Waals surface area contributed by atoms with E-state index in [0.717, 1.165) is 32.1 Å². The quantitative estimate of drug-likeness (QED) is 0.0878. The van der Waals surface area contributed by atoms with Crippen LogP contribution in [-0.2, 0) is 14.3 Å². The molecule has 3 nitrogen and oxygen atoms in total. The van der Waals surface area contributed by atoms with Crippen LogP contribution < -0.4 is 0 Å². The second-order valence-electron chi connectivity index (χ2n) is 9.86. The maximum absolute atomic E-state index is 12.0. The fraction of sp³-hybridized carbons (Fsp3) is 1.00. The maximum atomic E-state index is 12.0. The predicted octanol–water partition coefficient (Wildman–Crippen LogP) is 9.73. The Hall–Kier alpha value is -0.0900. The van der Waals surface area contributed by atoms with Crippen LogP contribution in [0.15, 0.2) is 0 Å². The third-order valence-corrected chi connectivity index (χ3v) is 7.82. The van der Waals surface area contributed by atoms with Crippen molar-refractivity contribution in [3.63, 3.8) is 0 Å². The SMILES string of the molecule is CCCCCCCCCCCCCCCCS(=O)(=O)OCCCCCCCCCCCC. The number of hydrogen-bond donors (Lipinski definition) is 0. The van der Waals surface area contributed by atoms with Crippen LogP contribution in [0, 0.1) is 0 Å². The van der Waals surface area contributed by atoms with Crippen molar-refractivity contribution in [2.24, 2.45) is 0 Å². The molecule has 0 bridgehead atoms. The molecule has 0 aliphatic carbocycles. The predicted molar refractivity (Wildman–Crippen MR) is 142 cm³/mol. The Morgan fingerprint density at radius 2 is 0.688 bits per heavy atom. The van der Waals surface area contributed by atoms with Gasteiger partial charge in [0.05, 0.1) is 12.4 Å². The summed E-state index contributed by atoms with van der Waals surface area (Å²) in [5, 5.41) is 0. The lowest BCUT2D eigenvalue weighted by Crippen LogP contribution is -2.11. The highest BCUT2D eigenvalue weighted by Crippen LogP contribution is 2.14. The van der Waals surface area contributed by atoms with Crippen LogP contribution >= 0.6 is 0 Å². The zero-order valence-electron chi connectivity index (χ0n) is 22.0. The van der Waals surface area contributed by atoms with Gasteiger partial charge in [-0.25, -0.2) is 0 Å². The van der Waals surface area contributed by atoms with Crippen molar-refractivity contribution in [2.75, 3.05) is 12.4 Å². The van der Waals surface area contributed by atoms with E-state index in [0.29, 0.717) is 6.61 Å². The molecule has 0 aromatic carbocycles. The van der Waals surface area contributed by atoms with Gasteiger partial charge in [0, 0.05) is 0 Å². The molecule has 32 heavy (non-hydrogen) atoms. The van der Waals surface area contributed by atoms with Gasteiger partial charge in [-0.3, -0.25) is 4.18 Å². The Bertz CT molecular complexity index is 448. The first-order valence-corrected chi connectivity index (χ1v) is 16.1. The van der Waals surface area contributed by atoms with Crippen LogP contribution in [0.4, 0.5) is 0 Å². The summed E-state index contributed by atoms with van der Waals surface area (Å²) in [7, 11) is -3.31. The van der Waals surface area contributed by atoms with Gasteiger partial charge in [0.2, 0.25) is 0 Å². The van der Waals surface area contributed by atoms with E-state index in [-0.39, 0.29) is 5.75 Å². The second kappa shape index (κ2) is 25.5. The molecule has 0 aliphatic rings. The van der Waals surface area contributed by atoms with Gasteiger partial charge in [0.25, 0.3) is 10.1 Å². The highest BCUT2D eigenvalue weighted by Gasteiger charge is 2.10. The Morgan fingerprint density at radius 1 is 0.406 bits per heavy atom. The average molecular weight is 475 g/mol. The number of rotatable bonds is 27. The van der Waals surface area contributed by atoms with E-state index in [1.54, 1.807) is 0 Å². The van der Waals surface area contributed by atoms with Crippen molar-refractivity contribution in [2.45, 2.75) is 168 Å². The number of unbranched alkanes of at least 4 members (excludes halogenated alkanes) is 22. The minimum Gasteiger partial charge on any atom is -0.270 e. The van der Waals surface area contributed by atoms with Crippen LogP contribution in [0.1, 0.15) is 168 Å². The Labute approximate surface area is 203 Å². The molecule has 0 rings (SSSR count). The molecule has 194 valence electrons. The zero-order chi connectivity index (χ0) is 23.6. The molecule has 0 N–H and O–H groups in total. The summed E-state index contributed by atoms with van der Waals surface area (Å²) in [5.41, 5.74) is 0. The highest BCUT2D eigenvalue weighted by molar-refractivity contribution is 7.86. The highest BCUT2D eigenvalue weighted by atomic mass is 32.2. The summed E-state index contributed by atoms with van der Waals surface area (Å²) in [4.78, 5) is 0. The van der Waals surface area contributed by atoms with Crippen LogP contribution in [-0.4, -0.2) is 20.8 Å². The monoisotopic (exact) mass is 474 g/mol. The molecule has 0 heterocycles. The van der Waals surface area contributed by atoms with Gasteiger partial charge < -0.3 is 0 Å². The van der Waals surface area contributed by atoms with Crippen molar-refractivity contribution >= 4 is 10.1 Å². The molecule has 0 spiro atoms. The topological polar surface area (TPSA) is 43.4 Å². The largest absolute Gasteiger partial charge is 0.270 e. The Balaban J connectivity index is 3.30. The summed E-state index contributed by atoms with van der Waals surface area (Å²) in [6.45, 7) is 4.90. The lowest BCUT2D eigenvalue weighted by molar-refractivity contribution is 0.305. The van der Waals surface area contributed by atoms with Crippen LogP contribution in [0.3, 0.4) is 0 Å². The molecule has 0 atom stereocenters. The third-order valence-electron chi connectivity index (χ3n) is 6.51. The van der Waals surface area contributed by atoms with Crippen molar-refractivity contribution in [1.82, 2.24) is 0 Å². The van der Waals surface area contributed by atoms with E-state index in [2.05, 4.69) is 13.8 Å². The molecule has 0 radical (unpaired) electrons. The van der Waals surface area contributed by atoms with Gasteiger partial charge in [-0.1, -0.05) is 155 Å². The van der Waals surface area contributed by atoms with Crippen molar-refractivity contribution in [3.05, 3.63) is 0 Å². The van der Waals surface area contributed by atoms with E-state index in [1.807, 2.05) is 0 Å². The van der Waals surface area contributed by atoms with E-state index < -0.39 is 10.1 Å².